The molecule has 2 N–H and O–H groups in total. The molecule has 108 valence electrons. The minimum atomic E-state index is -1.14. The first kappa shape index (κ1) is 14.0. The molecule has 2 aromatic carbocycles. The summed E-state index contributed by atoms with van der Waals surface area (Å²) < 4.78 is 5.35. The van der Waals surface area contributed by atoms with Crippen molar-refractivity contribution in [2.45, 2.75) is 16.2 Å². The number of benzene rings is 2. The number of fused-ring (bicyclic) bond motifs is 1. The number of hydrogen-bond donors (Lipinski definition) is 2. The number of methoxy groups -OCH3 is 1. The first-order valence-corrected chi connectivity index (χ1v) is 7.46. The highest BCUT2D eigenvalue weighted by Gasteiger charge is 2.34. The maximum Gasteiger partial charge on any atom is 0.254 e. The number of nitrogens with one attached hydrogen (secondary N) is 1. The average Bonchev–Trinajstić information content (AvgIpc) is 2.65. The Kier molecular flexibility index (Phi) is 3.86. The number of ether oxygens (including phenoxy) is 1. The molecule has 0 aromatic heterocycles. The molecule has 4 nitrogen and oxygen atoms in total. The highest BCUT2D eigenvalue weighted by Crippen LogP contribution is 2.45. The number of carbonyl (C=O) groups excluding carboxylic acids is 1. The van der Waals surface area contributed by atoms with Gasteiger partial charge in [-0.1, -0.05) is 30.3 Å². The Bertz CT molecular complexity index is 674. The molecule has 1 aliphatic heterocycles. The van der Waals surface area contributed by atoms with E-state index in [0.29, 0.717) is 5.75 Å². The Hall–Kier alpha value is -1.98. The summed E-state index contributed by atoms with van der Waals surface area (Å²) in [5, 5.41) is 12.7. The van der Waals surface area contributed by atoms with Crippen molar-refractivity contribution in [2.24, 2.45) is 0 Å². The zero-order valence-electron chi connectivity index (χ0n) is 11.4. The normalized spacial score (nSPS) is 21.1. The molecule has 0 radical (unpaired) electrons. The molecule has 0 saturated heterocycles. The van der Waals surface area contributed by atoms with E-state index in [1.807, 2.05) is 48.5 Å². The SMILES string of the molecule is COc1ccccc1[C@@H]1Sc2ccccc2NC(=O)[C@@H]1O. The fraction of sp³-hybridized carbons (Fsp3) is 0.188. The van der Waals surface area contributed by atoms with Crippen LogP contribution in [0.25, 0.3) is 0 Å². The summed E-state index contributed by atoms with van der Waals surface area (Å²) in [6.07, 6.45) is -1.14. The smallest absolute Gasteiger partial charge is 0.254 e. The van der Waals surface area contributed by atoms with Crippen LogP contribution in [-0.4, -0.2) is 24.2 Å². The van der Waals surface area contributed by atoms with Crippen LogP contribution in [0.5, 0.6) is 5.75 Å². The molecule has 0 aliphatic carbocycles. The summed E-state index contributed by atoms with van der Waals surface area (Å²) in [6, 6.07) is 15.0. The summed E-state index contributed by atoms with van der Waals surface area (Å²) in [7, 11) is 1.58. The number of carbonyl (C=O) groups is 1. The molecule has 1 heterocycles. The molecule has 2 aromatic rings. The van der Waals surface area contributed by atoms with E-state index in [1.54, 1.807) is 7.11 Å². The fourth-order valence-electron chi connectivity index (χ4n) is 2.35. The van der Waals surface area contributed by atoms with Crippen molar-refractivity contribution < 1.29 is 14.6 Å². The average molecular weight is 301 g/mol. The van der Waals surface area contributed by atoms with E-state index >= 15 is 0 Å². The van der Waals surface area contributed by atoms with Crippen molar-refractivity contribution in [3.8, 4) is 5.75 Å². The molecule has 0 saturated carbocycles. The number of aliphatic hydroxyl groups excluding tert-OH is 1. The molecule has 1 aliphatic rings. The van der Waals surface area contributed by atoms with Gasteiger partial charge in [-0.25, -0.2) is 0 Å². The maximum atomic E-state index is 12.1. The Labute approximate surface area is 127 Å². The molecular formula is C16H15NO3S. The van der Waals surface area contributed by atoms with Gasteiger partial charge in [-0.15, -0.1) is 11.8 Å². The second-order valence-electron chi connectivity index (χ2n) is 4.71. The largest absolute Gasteiger partial charge is 0.496 e. The van der Waals surface area contributed by atoms with E-state index in [2.05, 4.69) is 5.32 Å². The Morgan fingerprint density at radius 2 is 1.86 bits per heavy atom. The van der Waals surface area contributed by atoms with Crippen LogP contribution in [0, 0.1) is 0 Å². The third-order valence-electron chi connectivity index (χ3n) is 3.40. The standard InChI is InChI=1S/C16H15NO3S/c1-20-12-8-4-2-6-10(12)15-14(18)16(19)17-11-7-3-5-9-13(11)21-15/h2-9,14-15,18H,1H3,(H,17,19)/t14-,15+/m1/s1. The Morgan fingerprint density at radius 3 is 2.67 bits per heavy atom. The van der Waals surface area contributed by atoms with Crippen LogP contribution in [0.2, 0.25) is 0 Å². The summed E-state index contributed by atoms with van der Waals surface area (Å²) >= 11 is 1.46. The number of rotatable bonds is 2. The number of hydrogen-bond acceptors (Lipinski definition) is 4. The molecule has 1 amide bonds. The highest BCUT2D eigenvalue weighted by atomic mass is 32.2. The van der Waals surface area contributed by atoms with Gasteiger partial charge in [0.2, 0.25) is 0 Å². The van der Waals surface area contributed by atoms with Crippen LogP contribution in [0.4, 0.5) is 5.69 Å². The summed E-state index contributed by atoms with van der Waals surface area (Å²) in [4.78, 5) is 13.1. The van der Waals surface area contributed by atoms with E-state index in [1.165, 1.54) is 11.8 Å². The second kappa shape index (κ2) is 5.79. The molecule has 0 spiro atoms. The monoisotopic (exact) mass is 301 g/mol. The summed E-state index contributed by atoms with van der Waals surface area (Å²) in [5.74, 6) is 0.268. The van der Waals surface area contributed by atoms with Gasteiger partial charge in [0.1, 0.15) is 11.9 Å². The first-order chi connectivity index (χ1) is 10.2. The van der Waals surface area contributed by atoms with Crippen molar-refractivity contribution in [3.63, 3.8) is 0 Å². The Morgan fingerprint density at radius 1 is 1.14 bits per heavy atom. The molecule has 0 fully saturated rings. The third-order valence-corrected chi connectivity index (χ3v) is 4.78. The predicted octanol–water partition coefficient (Wildman–Crippen LogP) is 2.84. The fourth-order valence-corrected chi connectivity index (χ4v) is 3.60. The van der Waals surface area contributed by atoms with Gasteiger partial charge in [0.15, 0.2) is 0 Å². The van der Waals surface area contributed by atoms with Crippen LogP contribution in [-0.2, 0) is 4.79 Å². The number of thioether (sulfide) groups is 1. The molecule has 21 heavy (non-hydrogen) atoms. The van der Waals surface area contributed by atoms with Crippen molar-refractivity contribution in [1.29, 1.82) is 0 Å². The van der Waals surface area contributed by atoms with Gasteiger partial charge in [0, 0.05) is 10.5 Å². The zero-order valence-corrected chi connectivity index (χ0v) is 12.3. The lowest BCUT2D eigenvalue weighted by molar-refractivity contribution is -0.124. The van der Waals surface area contributed by atoms with Gasteiger partial charge in [-0.05, 0) is 18.2 Å². The van der Waals surface area contributed by atoms with E-state index in [9.17, 15) is 9.90 Å². The van der Waals surface area contributed by atoms with Crippen LogP contribution in [0.1, 0.15) is 10.8 Å². The lowest BCUT2D eigenvalue weighted by Gasteiger charge is -2.21. The number of aliphatic hydroxyl groups is 1. The van der Waals surface area contributed by atoms with Crippen LogP contribution in [0.15, 0.2) is 53.4 Å². The molecule has 0 bridgehead atoms. The van der Waals surface area contributed by atoms with Gasteiger partial charge in [-0.3, -0.25) is 4.79 Å². The van der Waals surface area contributed by atoms with E-state index in [-0.39, 0.29) is 0 Å². The molecule has 3 rings (SSSR count). The molecule has 2 atom stereocenters. The second-order valence-corrected chi connectivity index (χ2v) is 5.89. The lowest BCUT2D eigenvalue weighted by atomic mass is 10.1. The van der Waals surface area contributed by atoms with Crippen molar-refractivity contribution in [2.75, 3.05) is 12.4 Å². The quantitative estimate of drug-likeness (QED) is 0.895. The van der Waals surface area contributed by atoms with Gasteiger partial charge in [0.05, 0.1) is 18.0 Å². The van der Waals surface area contributed by atoms with Crippen LogP contribution in [0.3, 0.4) is 0 Å². The van der Waals surface area contributed by atoms with Gasteiger partial charge in [0.25, 0.3) is 5.91 Å². The van der Waals surface area contributed by atoms with Crippen LogP contribution < -0.4 is 10.1 Å². The van der Waals surface area contributed by atoms with Crippen molar-refractivity contribution >= 4 is 23.4 Å². The number of anilines is 1. The van der Waals surface area contributed by atoms with Gasteiger partial charge in [-0.2, -0.15) is 0 Å². The Balaban J connectivity index is 2.07. The maximum absolute atomic E-state index is 12.1. The zero-order chi connectivity index (χ0) is 14.8. The number of amides is 1. The summed E-state index contributed by atoms with van der Waals surface area (Å²) in [6.45, 7) is 0. The van der Waals surface area contributed by atoms with Crippen LogP contribution >= 0.6 is 11.8 Å². The number of para-hydroxylation sites is 2. The van der Waals surface area contributed by atoms with E-state index in [4.69, 9.17) is 4.74 Å². The third kappa shape index (κ3) is 2.62. The minimum Gasteiger partial charge on any atom is -0.496 e. The van der Waals surface area contributed by atoms with E-state index < -0.39 is 17.3 Å². The van der Waals surface area contributed by atoms with Gasteiger partial charge < -0.3 is 15.2 Å². The minimum absolute atomic E-state index is 0.400. The van der Waals surface area contributed by atoms with Crippen molar-refractivity contribution in [3.05, 3.63) is 54.1 Å². The predicted molar refractivity (Wildman–Crippen MR) is 82.7 cm³/mol. The molecule has 5 heteroatoms. The highest BCUT2D eigenvalue weighted by molar-refractivity contribution is 7.99. The lowest BCUT2D eigenvalue weighted by Crippen LogP contribution is -2.30. The topological polar surface area (TPSA) is 58.6 Å². The first-order valence-electron chi connectivity index (χ1n) is 6.58. The molecule has 0 unspecified atom stereocenters. The van der Waals surface area contributed by atoms with Gasteiger partial charge >= 0.3 is 0 Å². The van der Waals surface area contributed by atoms with E-state index in [0.717, 1.165) is 16.1 Å². The van der Waals surface area contributed by atoms with Crippen molar-refractivity contribution in [1.82, 2.24) is 0 Å². The summed E-state index contributed by atoms with van der Waals surface area (Å²) in [5.41, 5.74) is 1.54. The molecular weight excluding hydrogens is 286 g/mol.